The summed E-state index contributed by atoms with van der Waals surface area (Å²) in [6, 6.07) is 15.4. The number of amides is 1. The highest BCUT2D eigenvalue weighted by atomic mass is 16.5. The zero-order valence-corrected chi connectivity index (χ0v) is 16.0. The summed E-state index contributed by atoms with van der Waals surface area (Å²) >= 11 is 0. The molecule has 5 nitrogen and oxygen atoms in total. The maximum atomic E-state index is 12.5. The molecule has 0 saturated carbocycles. The monoisotopic (exact) mass is 356 g/mol. The van der Waals surface area contributed by atoms with Crippen LogP contribution in [0.15, 0.2) is 48.5 Å². The van der Waals surface area contributed by atoms with Crippen LogP contribution < -0.4 is 14.8 Å². The lowest BCUT2D eigenvalue weighted by atomic mass is 10.1. The molecule has 1 N–H and O–H groups in total. The van der Waals surface area contributed by atoms with Crippen molar-refractivity contribution in [2.45, 2.75) is 26.3 Å². The number of nitrogens with zero attached hydrogens (tertiary/aromatic N) is 1. The molecule has 0 spiro atoms. The summed E-state index contributed by atoms with van der Waals surface area (Å²) in [5.74, 6) is 1.44. The molecule has 0 aliphatic carbocycles. The second-order valence-corrected chi connectivity index (χ2v) is 6.23. The first-order chi connectivity index (χ1) is 12.6. The Bertz CT molecular complexity index is 718. The number of carbonyl (C=O) groups is 1. The van der Waals surface area contributed by atoms with Gasteiger partial charge in [0.25, 0.3) is 0 Å². The molecule has 1 unspecified atom stereocenters. The summed E-state index contributed by atoms with van der Waals surface area (Å²) in [6.07, 6.45) is 0.918. The average molecular weight is 356 g/mol. The van der Waals surface area contributed by atoms with Crippen LogP contribution in [0, 0.1) is 0 Å². The number of nitrogens with one attached hydrogen (secondary N) is 1. The normalized spacial score (nSPS) is 11.9. The van der Waals surface area contributed by atoms with Crippen molar-refractivity contribution < 1.29 is 14.3 Å². The number of para-hydroxylation sites is 3. The number of methoxy groups -OCH3 is 1. The number of likely N-dealkylation sites (N-methyl/N-ethyl adjacent to an activating group) is 1. The highest BCUT2D eigenvalue weighted by Gasteiger charge is 2.18. The Hall–Kier alpha value is -2.53. The molecular weight excluding hydrogens is 328 g/mol. The third kappa shape index (κ3) is 5.23. The minimum absolute atomic E-state index is 0.0449. The molecule has 1 atom stereocenters. The molecule has 0 bridgehead atoms. The summed E-state index contributed by atoms with van der Waals surface area (Å²) in [4.78, 5) is 14.5. The fraction of sp³-hybridized carbons (Fsp3) is 0.381. The van der Waals surface area contributed by atoms with Crippen LogP contribution in [0.4, 0.5) is 5.69 Å². The summed E-state index contributed by atoms with van der Waals surface area (Å²) in [6.45, 7) is 5.00. The van der Waals surface area contributed by atoms with E-state index in [1.807, 2.05) is 60.5 Å². The van der Waals surface area contributed by atoms with Crippen molar-refractivity contribution in [2.24, 2.45) is 0 Å². The van der Waals surface area contributed by atoms with E-state index in [1.165, 1.54) is 0 Å². The smallest absolute Gasteiger partial charge is 0.238 e. The van der Waals surface area contributed by atoms with Gasteiger partial charge < -0.3 is 14.8 Å². The Morgan fingerprint density at radius 1 is 1.12 bits per heavy atom. The molecule has 2 rings (SSSR count). The van der Waals surface area contributed by atoms with Crippen molar-refractivity contribution in [1.29, 1.82) is 0 Å². The summed E-state index contributed by atoms with van der Waals surface area (Å²) < 4.78 is 11.1. The second kappa shape index (κ2) is 9.82. The van der Waals surface area contributed by atoms with E-state index in [4.69, 9.17) is 9.47 Å². The molecule has 0 heterocycles. The van der Waals surface area contributed by atoms with Crippen LogP contribution >= 0.6 is 0 Å². The van der Waals surface area contributed by atoms with Gasteiger partial charge in [-0.3, -0.25) is 9.69 Å². The van der Waals surface area contributed by atoms with Crippen LogP contribution in [0.5, 0.6) is 11.5 Å². The fourth-order valence-electron chi connectivity index (χ4n) is 2.71. The second-order valence-electron chi connectivity index (χ2n) is 6.23. The van der Waals surface area contributed by atoms with Gasteiger partial charge in [0.05, 0.1) is 25.9 Å². The van der Waals surface area contributed by atoms with Gasteiger partial charge in [-0.15, -0.1) is 0 Å². The van der Waals surface area contributed by atoms with Crippen molar-refractivity contribution in [3.05, 3.63) is 54.1 Å². The minimum atomic E-state index is -0.0817. The first-order valence-electron chi connectivity index (χ1n) is 8.91. The maximum absolute atomic E-state index is 12.5. The van der Waals surface area contributed by atoms with Crippen molar-refractivity contribution in [1.82, 2.24) is 4.90 Å². The molecule has 0 aliphatic heterocycles. The number of hydrogen-bond acceptors (Lipinski definition) is 4. The summed E-state index contributed by atoms with van der Waals surface area (Å²) in [7, 11) is 3.58. The maximum Gasteiger partial charge on any atom is 0.238 e. The molecule has 0 aromatic heterocycles. The van der Waals surface area contributed by atoms with E-state index in [0.29, 0.717) is 18.0 Å². The number of benzene rings is 2. The van der Waals surface area contributed by atoms with Gasteiger partial charge in [0.2, 0.25) is 5.91 Å². The molecule has 0 saturated heterocycles. The van der Waals surface area contributed by atoms with E-state index >= 15 is 0 Å². The van der Waals surface area contributed by atoms with Gasteiger partial charge >= 0.3 is 0 Å². The van der Waals surface area contributed by atoms with Crippen LogP contribution in [-0.2, 0) is 4.79 Å². The number of rotatable bonds is 9. The predicted molar refractivity (Wildman–Crippen MR) is 105 cm³/mol. The molecular formula is C21H28N2O3. The topological polar surface area (TPSA) is 50.8 Å². The molecule has 26 heavy (non-hydrogen) atoms. The quantitative estimate of drug-likeness (QED) is 0.734. The Morgan fingerprint density at radius 2 is 1.77 bits per heavy atom. The van der Waals surface area contributed by atoms with Crippen molar-refractivity contribution >= 4 is 11.6 Å². The Balaban J connectivity index is 2.01. The summed E-state index contributed by atoms with van der Waals surface area (Å²) in [5.41, 5.74) is 1.75. The van der Waals surface area contributed by atoms with Gasteiger partial charge in [-0.2, -0.15) is 0 Å². The van der Waals surface area contributed by atoms with E-state index in [-0.39, 0.29) is 18.5 Å². The van der Waals surface area contributed by atoms with Crippen LogP contribution in [0.3, 0.4) is 0 Å². The molecule has 5 heteroatoms. The predicted octanol–water partition coefficient (Wildman–Crippen LogP) is 4.12. The van der Waals surface area contributed by atoms with E-state index in [9.17, 15) is 4.79 Å². The molecule has 0 aliphatic rings. The molecule has 0 fully saturated rings. The van der Waals surface area contributed by atoms with Crippen molar-refractivity contribution in [3.63, 3.8) is 0 Å². The molecule has 2 aromatic rings. The average Bonchev–Trinajstić information content (AvgIpc) is 2.66. The van der Waals surface area contributed by atoms with Crippen molar-refractivity contribution in [3.8, 4) is 11.5 Å². The van der Waals surface area contributed by atoms with E-state index in [2.05, 4.69) is 19.2 Å². The minimum Gasteiger partial charge on any atom is -0.496 e. The van der Waals surface area contributed by atoms with Crippen LogP contribution in [-0.4, -0.2) is 38.1 Å². The lowest BCUT2D eigenvalue weighted by Crippen LogP contribution is -2.32. The Kier molecular flexibility index (Phi) is 7.48. The van der Waals surface area contributed by atoms with Crippen LogP contribution in [0.25, 0.3) is 0 Å². The third-order valence-corrected chi connectivity index (χ3v) is 4.27. The third-order valence-electron chi connectivity index (χ3n) is 4.27. The van der Waals surface area contributed by atoms with Gasteiger partial charge in [0, 0.05) is 11.6 Å². The molecule has 1 amide bonds. The number of anilines is 1. The molecule has 0 radical (unpaired) electrons. The Labute approximate surface area is 155 Å². The van der Waals surface area contributed by atoms with Crippen LogP contribution in [0.1, 0.15) is 31.9 Å². The molecule has 140 valence electrons. The SMILES string of the molecule is CCCOc1ccccc1NC(=O)CN(C)C(C)c1ccccc1OC. The number of hydrogen-bond donors (Lipinski definition) is 1. The van der Waals surface area contributed by atoms with Crippen LogP contribution in [0.2, 0.25) is 0 Å². The lowest BCUT2D eigenvalue weighted by molar-refractivity contribution is -0.117. The standard InChI is InChI=1S/C21H28N2O3/c1-5-14-26-20-13-9-7-11-18(20)22-21(24)15-23(3)16(2)17-10-6-8-12-19(17)25-4/h6-13,16H,5,14-15H2,1-4H3,(H,22,24). The first kappa shape index (κ1) is 19.8. The molecule has 2 aromatic carbocycles. The highest BCUT2D eigenvalue weighted by Crippen LogP contribution is 2.28. The van der Waals surface area contributed by atoms with Gasteiger partial charge in [0.15, 0.2) is 0 Å². The van der Waals surface area contributed by atoms with Crippen molar-refractivity contribution in [2.75, 3.05) is 32.6 Å². The van der Waals surface area contributed by atoms with Gasteiger partial charge in [0.1, 0.15) is 11.5 Å². The fourth-order valence-corrected chi connectivity index (χ4v) is 2.71. The van der Waals surface area contributed by atoms with Gasteiger partial charge in [-0.05, 0) is 38.6 Å². The largest absolute Gasteiger partial charge is 0.496 e. The summed E-state index contributed by atoms with van der Waals surface area (Å²) in [5, 5.41) is 2.95. The zero-order valence-electron chi connectivity index (χ0n) is 16.0. The lowest BCUT2D eigenvalue weighted by Gasteiger charge is -2.26. The number of carbonyl (C=O) groups excluding carboxylic acids is 1. The van der Waals surface area contributed by atoms with Gasteiger partial charge in [-0.1, -0.05) is 37.3 Å². The van der Waals surface area contributed by atoms with E-state index in [0.717, 1.165) is 17.7 Å². The van der Waals surface area contributed by atoms with E-state index in [1.54, 1.807) is 7.11 Å². The first-order valence-corrected chi connectivity index (χ1v) is 8.91. The zero-order chi connectivity index (χ0) is 18.9. The highest BCUT2D eigenvalue weighted by molar-refractivity contribution is 5.93. The number of ether oxygens (including phenoxy) is 2. The van der Waals surface area contributed by atoms with E-state index < -0.39 is 0 Å². The Morgan fingerprint density at radius 3 is 2.46 bits per heavy atom. The van der Waals surface area contributed by atoms with Gasteiger partial charge in [-0.25, -0.2) is 0 Å².